The summed E-state index contributed by atoms with van der Waals surface area (Å²) >= 11 is 0. The van der Waals surface area contributed by atoms with E-state index in [-0.39, 0.29) is 12.1 Å². The molecule has 19 heavy (non-hydrogen) atoms. The Morgan fingerprint density at radius 2 is 1.74 bits per heavy atom. The number of anilines is 1. The van der Waals surface area contributed by atoms with Crippen LogP contribution in [0.1, 0.15) is 29.0 Å². The summed E-state index contributed by atoms with van der Waals surface area (Å²) in [4.78, 5) is 14.4. The highest BCUT2D eigenvalue weighted by Gasteiger charge is 2.31. The Kier molecular flexibility index (Phi) is 2.95. The fourth-order valence-electron chi connectivity index (χ4n) is 2.52. The predicted octanol–water partition coefficient (Wildman–Crippen LogP) is 3.27. The molecule has 0 bridgehead atoms. The smallest absolute Gasteiger partial charge is 0.257 e. The van der Waals surface area contributed by atoms with E-state index in [1.165, 1.54) is 0 Å². The van der Waals surface area contributed by atoms with Gasteiger partial charge < -0.3 is 10.2 Å². The molecule has 0 radical (unpaired) electrons. The van der Waals surface area contributed by atoms with Gasteiger partial charge in [-0.2, -0.15) is 0 Å². The van der Waals surface area contributed by atoms with Crippen molar-refractivity contribution in [2.45, 2.75) is 13.1 Å². The van der Waals surface area contributed by atoms with E-state index in [4.69, 9.17) is 0 Å². The van der Waals surface area contributed by atoms with Crippen LogP contribution in [0.4, 0.5) is 5.69 Å². The highest BCUT2D eigenvalue weighted by Crippen LogP contribution is 2.32. The third kappa shape index (κ3) is 1.97. The number of carbonyl (C=O) groups is 1. The number of benzene rings is 2. The van der Waals surface area contributed by atoms with E-state index >= 15 is 0 Å². The van der Waals surface area contributed by atoms with Gasteiger partial charge in [-0.25, -0.2) is 0 Å². The zero-order chi connectivity index (χ0) is 13.2. The third-order valence-corrected chi connectivity index (χ3v) is 3.48. The molecule has 3 nitrogen and oxygen atoms in total. The van der Waals surface area contributed by atoms with Gasteiger partial charge in [0, 0.05) is 12.2 Å². The predicted molar refractivity (Wildman–Crippen MR) is 76.0 cm³/mol. The zero-order valence-corrected chi connectivity index (χ0v) is 10.8. The monoisotopic (exact) mass is 252 g/mol. The number of para-hydroxylation sites is 1. The van der Waals surface area contributed by atoms with Gasteiger partial charge in [0.1, 0.15) is 6.17 Å². The van der Waals surface area contributed by atoms with Gasteiger partial charge in [-0.1, -0.05) is 42.5 Å². The van der Waals surface area contributed by atoms with E-state index in [1.807, 2.05) is 66.4 Å². The van der Waals surface area contributed by atoms with E-state index in [0.717, 1.165) is 16.8 Å². The second kappa shape index (κ2) is 4.76. The van der Waals surface area contributed by atoms with E-state index in [1.54, 1.807) is 0 Å². The lowest BCUT2D eigenvalue weighted by molar-refractivity contribution is 0.0695. The van der Waals surface area contributed by atoms with Crippen molar-refractivity contribution in [2.75, 3.05) is 11.9 Å². The molecule has 2 aromatic rings. The fourth-order valence-corrected chi connectivity index (χ4v) is 2.52. The quantitative estimate of drug-likeness (QED) is 0.889. The zero-order valence-electron chi connectivity index (χ0n) is 10.8. The molecular formula is C16H16N2O. The van der Waals surface area contributed by atoms with Crippen LogP contribution >= 0.6 is 0 Å². The first-order valence-electron chi connectivity index (χ1n) is 6.52. The minimum absolute atomic E-state index is 0.0886. The van der Waals surface area contributed by atoms with Crippen LogP contribution in [0.2, 0.25) is 0 Å². The molecule has 3 heteroatoms. The molecule has 1 unspecified atom stereocenters. The van der Waals surface area contributed by atoms with Gasteiger partial charge in [0.05, 0.1) is 5.56 Å². The maximum Gasteiger partial charge on any atom is 0.257 e. The van der Waals surface area contributed by atoms with Gasteiger partial charge in [0.25, 0.3) is 5.91 Å². The molecule has 0 aliphatic carbocycles. The van der Waals surface area contributed by atoms with Crippen molar-refractivity contribution in [3.63, 3.8) is 0 Å². The molecule has 1 amide bonds. The average molecular weight is 252 g/mol. The Labute approximate surface area is 112 Å². The normalized spacial score (nSPS) is 17.8. The van der Waals surface area contributed by atoms with Crippen molar-refractivity contribution < 1.29 is 4.79 Å². The summed E-state index contributed by atoms with van der Waals surface area (Å²) in [6, 6.07) is 17.7. The van der Waals surface area contributed by atoms with Gasteiger partial charge in [-0.3, -0.25) is 4.79 Å². The lowest BCUT2D eigenvalue weighted by Gasteiger charge is -2.37. The maximum absolute atomic E-state index is 12.5. The molecule has 2 aromatic carbocycles. The van der Waals surface area contributed by atoms with Crippen LogP contribution < -0.4 is 5.32 Å². The summed E-state index contributed by atoms with van der Waals surface area (Å²) in [7, 11) is 0. The molecule has 0 aromatic heterocycles. The van der Waals surface area contributed by atoms with Crippen LogP contribution in [0.15, 0.2) is 54.6 Å². The second-order valence-corrected chi connectivity index (χ2v) is 4.59. The summed E-state index contributed by atoms with van der Waals surface area (Å²) in [5, 5.41) is 3.45. The summed E-state index contributed by atoms with van der Waals surface area (Å²) in [6.07, 6.45) is -0.0893. The second-order valence-electron chi connectivity index (χ2n) is 4.59. The first-order chi connectivity index (χ1) is 9.31. The third-order valence-electron chi connectivity index (χ3n) is 3.48. The van der Waals surface area contributed by atoms with Gasteiger partial charge in [0.15, 0.2) is 0 Å². The first-order valence-corrected chi connectivity index (χ1v) is 6.52. The van der Waals surface area contributed by atoms with Crippen molar-refractivity contribution in [3.8, 4) is 0 Å². The number of hydrogen-bond acceptors (Lipinski definition) is 2. The van der Waals surface area contributed by atoms with Gasteiger partial charge in [-0.15, -0.1) is 0 Å². The van der Waals surface area contributed by atoms with Crippen molar-refractivity contribution in [2.24, 2.45) is 0 Å². The molecule has 1 heterocycles. The van der Waals surface area contributed by atoms with Gasteiger partial charge in [0.2, 0.25) is 0 Å². The molecule has 0 fully saturated rings. The largest absolute Gasteiger partial charge is 0.361 e. The number of amides is 1. The van der Waals surface area contributed by atoms with Crippen molar-refractivity contribution in [1.29, 1.82) is 0 Å². The Morgan fingerprint density at radius 1 is 1.05 bits per heavy atom. The van der Waals surface area contributed by atoms with Gasteiger partial charge in [-0.05, 0) is 24.6 Å². The van der Waals surface area contributed by atoms with Crippen LogP contribution in [0.5, 0.6) is 0 Å². The van der Waals surface area contributed by atoms with Crippen LogP contribution in [-0.4, -0.2) is 17.4 Å². The molecule has 0 saturated carbocycles. The number of carbonyl (C=O) groups excluding carboxylic acids is 1. The number of nitrogens with zero attached hydrogens (tertiary/aromatic N) is 1. The molecule has 1 aliphatic rings. The van der Waals surface area contributed by atoms with E-state index in [9.17, 15) is 4.79 Å². The Hall–Kier alpha value is -2.29. The summed E-state index contributed by atoms with van der Waals surface area (Å²) < 4.78 is 0. The molecule has 1 atom stereocenters. The number of nitrogens with one attached hydrogen (secondary N) is 1. The molecule has 0 saturated heterocycles. The van der Waals surface area contributed by atoms with Crippen molar-refractivity contribution in [1.82, 2.24) is 4.90 Å². The molecule has 1 aliphatic heterocycles. The average Bonchev–Trinajstić information content (AvgIpc) is 2.48. The summed E-state index contributed by atoms with van der Waals surface area (Å²) in [5.41, 5.74) is 2.76. The molecule has 3 rings (SSSR count). The molecule has 96 valence electrons. The lowest BCUT2D eigenvalue weighted by atomic mass is 10.0. The van der Waals surface area contributed by atoms with Crippen molar-refractivity contribution in [3.05, 3.63) is 65.7 Å². The number of fused-ring (bicyclic) bond motifs is 1. The summed E-state index contributed by atoms with van der Waals surface area (Å²) in [6.45, 7) is 2.68. The van der Waals surface area contributed by atoms with Crippen LogP contribution in [0.3, 0.4) is 0 Å². The standard InChI is InChI=1S/C16H16N2O/c1-2-18-15(12-8-4-3-5-9-12)17-14-11-7-6-10-13(14)16(18)19/h3-11,15,17H,2H2,1H3. The van der Waals surface area contributed by atoms with E-state index in [2.05, 4.69) is 5.32 Å². The number of rotatable bonds is 2. The minimum Gasteiger partial charge on any atom is -0.361 e. The Bertz CT molecular complexity index is 595. The summed E-state index contributed by atoms with van der Waals surface area (Å²) in [5.74, 6) is 0.0886. The van der Waals surface area contributed by atoms with E-state index < -0.39 is 0 Å². The maximum atomic E-state index is 12.5. The molecule has 0 spiro atoms. The fraction of sp³-hybridized carbons (Fsp3) is 0.188. The van der Waals surface area contributed by atoms with Crippen LogP contribution in [0.25, 0.3) is 0 Å². The first kappa shape index (κ1) is 11.8. The van der Waals surface area contributed by atoms with E-state index in [0.29, 0.717) is 6.54 Å². The highest BCUT2D eigenvalue weighted by atomic mass is 16.2. The molecule has 1 N–H and O–H groups in total. The minimum atomic E-state index is -0.0893. The van der Waals surface area contributed by atoms with Gasteiger partial charge >= 0.3 is 0 Å². The Balaban J connectivity index is 2.05. The lowest BCUT2D eigenvalue weighted by Crippen LogP contribution is -2.42. The highest BCUT2D eigenvalue weighted by molar-refractivity contribution is 6.01. The topological polar surface area (TPSA) is 32.3 Å². The Morgan fingerprint density at radius 3 is 2.47 bits per heavy atom. The van der Waals surface area contributed by atoms with Crippen LogP contribution in [0, 0.1) is 0 Å². The number of hydrogen-bond donors (Lipinski definition) is 1. The molecular weight excluding hydrogens is 236 g/mol. The van der Waals surface area contributed by atoms with Crippen LogP contribution in [-0.2, 0) is 0 Å². The SMILES string of the molecule is CCN1C(=O)c2ccccc2NC1c1ccccc1. The van der Waals surface area contributed by atoms with Crippen molar-refractivity contribution >= 4 is 11.6 Å².